The predicted octanol–water partition coefficient (Wildman–Crippen LogP) is 2.59. The van der Waals surface area contributed by atoms with Crippen LogP contribution in [0.3, 0.4) is 0 Å². The number of anilines is 1. The number of hydrogen-bond donors (Lipinski definition) is 0. The van der Waals surface area contributed by atoms with Crippen LogP contribution in [0, 0.1) is 0 Å². The van der Waals surface area contributed by atoms with Crippen molar-refractivity contribution in [2.45, 2.75) is 6.54 Å². The smallest absolute Gasteiger partial charge is 0.165 e. The second-order valence-corrected chi connectivity index (χ2v) is 5.13. The van der Waals surface area contributed by atoms with Gasteiger partial charge in [0.1, 0.15) is 11.8 Å². The fourth-order valence-electron chi connectivity index (χ4n) is 2.06. The van der Waals surface area contributed by atoms with E-state index in [9.17, 15) is 0 Å². The molecule has 102 valence electrons. The number of imidazole rings is 1. The molecule has 0 unspecified atom stereocenters. The maximum absolute atomic E-state index is 6.00. The topological polar surface area (TPSA) is 46.8 Å². The van der Waals surface area contributed by atoms with E-state index < -0.39 is 0 Å². The molecule has 3 rings (SSSR count). The molecule has 0 fully saturated rings. The molecule has 0 saturated heterocycles. The zero-order valence-electron chi connectivity index (χ0n) is 11.3. The molecule has 0 aliphatic carbocycles. The van der Waals surface area contributed by atoms with E-state index in [0.717, 1.165) is 5.65 Å². The van der Waals surface area contributed by atoms with Crippen molar-refractivity contribution in [2.24, 2.45) is 0 Å². The van der Waals surface area contributed by atoms with Gasteiger partial charge in [-0.2, -0.15) is 0 Å². The molecule has 0 aliphatic rings. The van der Waals surface area contributed by atoms with Crippen LogP contribution in [-0.4, -0.2) is 33.6 Å². The lowest BCUT2D eigenvalue weighted by molar-refractivity contribution is 0.813. The van der Waals surface area contributed by atoms with Crippen LogP contribution in [0.1, 0.15) is 5.56 Å². The van der Waals surface area contributed by atoms with Crippen LogP contribution in [0.5, 0.6) is 0 Å². The Morgan fingerprint density at radius 1 is 1.10 bits per heavy atom. The maximum Gasteiger partial charge on any atom is 0.165 e. The van der Waals surface area contributed by atoms with Gasteiger partial charge in [0.25, 0.3) is 0 Å². The average molecular weight is 288 g/mol. The lowest BCUT2D eigenvalue weighted by Crippen LogP contribution is -2.08. The Morgan fingerprint density at radius 3 is 2.55 bits per heavy atom. The molecule has 6 heteroatoms. The third kappa shape index (κ3) is 2.32. The molecule has 1 aromatic carbocycles. The summed E-state index contributed by atoms with van der Waals surface area (Å²) in [4.78, 5) is 14.5. The van der Waals surface area contributed by atoms with Crippen LogP contribution in [0.2, 0.25) is 5.15 Å². The van der Waals surface area contributed by atoms with Crippen molar-refractivity contribution in [2.75, 3.05) is 19.0 Å². The zero-order valence-corrected chi connectivity index (χ0v) is 12.0. The van der Waals surface area contributed by atoms with Crippen LogP contribution in [0.4, 0.5) is 5.69 Å². The molecule has 0 saturated carbocycles. The normalized spacial score (nSPS) is 10.9. The van der Waals surface area contributed by atoms with E-state index in [0.29, 0.717) is 17.2 Å². The fourth-order valence-corrected chi connectivity index (χ4v) is 2.24. The molecule has 0 radical (unpaired) electrons. The van der Waals surface area contributed by atoms with Crippen molar-refractivity contribution in [3.63, 3.8) is 0 Å². The number of halogens is 1. The van der Waals surface area contributed by atoms with E-state index in [1.165, 1.54) is 17.6 Å². The van der Waals surface area contributed by atoms with E-state index in [1.54, 1.807) is 6.33 Å². The van der Waals surface area contributed by atoms with Crippen LogP contribution >= 0.6 is 11.6 Å². The minimum Gasteiger partial charge on any atom is -0.378 e. The monoisotopic (exact) mass is 287 g/mol. The first-order valence-electron chi connectivity index (χ1n) is 6.23. The van der Waals surface area contributed by atoms with Gasteiger partial charge < -0.3 is 9.47 Å². The highest BCUT2D eigenvalue weighted by Crippen LogP contribution is 2.19. The molecular weight excluding hydrogens is 274 g/mol. The summed E-state index contributed by atoms with van der Waals surface area (Å²) in [5, 5.41) is 0.386. The molecule has 0 atom stereocenters. The number of hydrogen-bond acceptors (Lipinski definition) is 4. The number of rotatable bonds is 3. The van der Waals surface area contributed by atoms with Gasteiger partial charge in [-0.15, -0.1) is 0 Å². The standard InChI is InChI=1S/C14H14ClN5/c1-19(2)11-5-3-10(4-6-11)7-20-9-18-12-13(15)16-8-17-14(12)20/h3-6,8-9H,7H2,1-2H3. The number of aromatic nitrogens is 4. The summed E-state index contributed by atoms with van der Waals surface area (Å²) in [6, 6.07) is 8.39. The predicted molar refractivity (Wildman–Crippen MR) is 80.2 cm³/mol. The highest BCUT2D eigenvalue weighted by atomic mass is 35.5. The Balaban J connectivity index is 1.91. The van der Waals surface area contributed by atoms with Gasteiger partial charge in [0, 0.05) is 19.8 Å². The van der Waals surface area contributed by atoms with Crippen LogP contribution in [0.15, 0.2) is 36.9 Å². The number of nitrogens with zero attached hydrogens (tertiary/aromatic N) is 5. The van der Waals surface area contributed by atoms with E-state index >= 15 is 0 Å². The molecule has 0 aliphatic heterocycles. The van der Waals surface area contributed by atoms with Crippen molar-refractivity contribution < 1.29 is 0 Å². The van der Waals surface area contributed by atoms with Crippen molar-refractivity contribution in [1.82, 2.24) is 19.5 Å². The van der Waals surface area contributed by atoms with Gasteiger partial charge in [0.15, 0.2) is 10.8 Å². The average Bonchev–Trinajstić information content (AvgIpc) is 2.84. The minimum absolute atomic E-state index is 0.386. The van der Waals surface area contributed by atoms with E-state index in [2.05, 4.69) is 44.1 Å². The molecule has 3 aromatic rings. The lowest BCUT2D eigenvalue weighted by Gasteiger charge is -2.12. The number of benzene rings is 1. The summed E-state index contributed by atoms with van der Waals surface area (Å²) in [5.41, 5.74) is 3.75. The van der Waals surface area contributed by atoms with Crippen LogP contribution in [0.25, 0.3) is 11.2 Å². The van der Waals surface area contributed by atoms with Gasteiger partial charge in [-0.1, -0.05) is 23.7 Å². The largest absolute Gasteiger partial charge is 0.378 e. The van der Waals surface area contributed by atoms with E-state index in [-0.39, 0.29) is 0 Å². The summed E-state index contributed by atoms with van der Waals surface area (Å²) in [7, 11) is 4.05. The molecule has 2 aromatic heterocycles. The summed E-state index contributed by atoms with van der Waals surface area (Å²) in [6.45, 7) is 0.706. The first kappa shape index (κ1) is 12.9. The molecule has 0 spiro atoms. The molecular formula is C14H14ClN5. The quantitative estimate of drug-likeness (QED) is 0.695. The molecule has 0 N–H and O–H groups in total. The molecule has 5 nitrogen and oxygen atoms in total. The first-order chi connectivity index (χ1) is 9.65. The Hall–Kier alpha value is -2.14. The Bertz CT molecular complexity index is 733. The van der Waals surface area contributed by atoms with Crippen molar-refractivity contribution in [3.05, 3.63) is 47.6 Å². The minimum atomic E-state index is 0.386. The van der Waals surface area contributed by atoms with Gasteiger partial charge in [0.2, 0.25) is 0 Å². The fraction of sp³-hybridized carbons (Fsp3) is 0.214. The third-order valence-electron chi connectivity index (χ3n) is 3.16. The summed E-state index contributed by atoms with van der Waals surface area (Å²) >= 11 is 6.00. The highest BCUT2D eigenvalue weighted by Gasteiger charge is 2.08. The Morgan fingerprint density at radius 2 is 1.85 bits per heavy atom. The van der Waals surface area contributed by atoms with Crippen LogP contribution < -0.4 is 4.90 Å². The second kappa shape index (κ2) is 5.09. The Labute approximate surface area is 121 Å². The highest BCUT2D eigenvalue weighted by molar-refractivity contribution is 6.33. The Kier molecular flexibility index (Phi) is 3.28. The van der Waals surface area contributed by atoms with Crippen molar-refractivity contribution in [1.29, 1.82) is 0 Å². The number of fused-ring (bicyclic) bond motifs is 1. The van der Waals surface area contributed by atoms with E-state index in [1.807, 2.05) is 18.7 Å². The molecule has 20 heavy (non-hydrogen) atoms. The summed E-state index contributed by atoms with van der Waals surface area (Å²) in [6.07, 6.45) is 3.20. The second-order valence-electron chi connectivity index (χ2n) is 4.77. The maximum atomic E-state index is 6.00. The first-order valence-corrected chi connectivity index (χ1v) is 6.60. The van der Waals surface area contributed by atoms with Gasteiger partial charge in [0.05, 0.1) is 12.9 Å². The van der Waals surface area contributed by atoms with Gasteiger partial charge in [-0.05, 0) is 17.7 Å². The molecule has 2 heterocycles. The van der Waals surface area contributed by atoms with Crippen molar-refractivity contribution >= 4 is 28.5 Å². The SMILES string of the molecule is CN(C)c1ccc(Cn2cnc3c(Cl)ncnc32)cc1. The van der Waals surface area contributed by atoms with Crippen molar-refractivity contribution in [3.8, 4) is 0 Å². The van der Waals surface area contributed by atoms with Crippen LogP contribution in [-0.2, 0) is 6.54 Å². The van der Waals surface area contributed by atoms with Gasteiger partial charge >= 0.3 is 0 Å². The molecule has 0 bridgehead atoms. The third-order valence-corrected chi connectivity index (χ3v) is 3.44. The van der Waals surface area contributed by atoms with Gasteiger partial charge in [-0.3, -0.25) is 0 Å². The van der Waals surface area contributed by atoms with Gasteiger partial charge in [-0.25, -0.2) is 15.0 Å². The summed E-state index contributed by atoms with van der Waals surface area (Å²) in [5.74, 6) is 0. The molecule has 0 amide bonds. The zero-order chi connectivity index (χ0) is 14.1. The summed E-state index contributed by atoms with van der Waals surface area (Å²) < 4.78 is 1.97. The lowest BCUT2D eigenvalue weighted by atomic mass is 10.2. The van der Waals surface area contributed by atoms with E-state index in [4.69, 9.17) is 11.6 Å².